The smallest absolute Gasteiger partial charge is 0.432 e. The summed E-state index contributed by atoms with van der Waals surface area (Å²) in [5.74, 6) is 0.490. The molecular formula is C25H36N4O6PS+. The van der Waals surface area contributed by atoms with Gasteiger partial charge in [0, 0.05) is 12.6 Å². The highest BCUT2D eigenvalue weighted by molar-refractivity contribution is 7.92. The molecule has 2 heterocycles. The van der Waals surface area contributed by atoms with Crippen LogP contribution in [-0.2, 0) is 19.3 Å². The monoisotopic (exact) mass is 551 g/mol. The number of aliphatic hydroxyl groups is 1. The molecule has 37 heavy (non-hydrogen) atoms. The Labute approximate surface area is 218 Å². The summed E-state index contributed by atoms with van der Waals surface area (Å²) in [5, 5.41) is 15.2. The van der Waals surface area contributed by atoms with Gasteiger partial charge in [-0.3, -0.25) is 9.52 Å². The maximum absolute atomic E-state index is 14.0. The molecular weight excluding hydrogens is 515 g/mol. The first-order valence-electron chi connectivity index (χ1n) is 12.6. The lowest BCUT2D eigenvalue weighted by atomic mass is 9.78. The van der Waals surface area contributed by atoms with Gasteiger partial charge in [-0.2, -0.15) is 9.42 Å². The number of nitrogens with zero attached hydrogens (tertiary/aromatic N) is 2. The molecule has 2 aliphatic carbocycles. The van der Waals surface area contributed by atoms with Crippen LogP contribution in [0.5, 0.6) is 0 Å². The standard InChI is InChI=1S/C25H35N4O6PS/c1-24(2,3)10-11-29-23(31)20(21(30)25(29)14-15-6-7-16(25)12-15)22-26-18-9-8-17(28-37(5,33)34)13-19(18)36(32,27-22)35-4/h8-9,13,15-16,28,32H,6-7,10-12,14H2,1-5H3,(H-,26,27,30,31)/p+1. The van der Waals surface area contributed by atoms with Crippen molar-refractivity contribution in [3.8, 4) is 0 Å². The Balaban J connectivity index is 1.57. The van der Waals surface area contributed by atoms with Crippen molar-refractivity contribution in [2.45, 2.75) is 58.4 Å². The fourth-order valence-electron chi connectivity index (χ4n) is 6.39. The predicted octanol–water partition coefficient (Wildman–Crippen LogP) is 3.56. The second kappa shape index (κ2) is 8.66. The fraction of sp³-hybridized carbons (Fsp3) is 0.600. The van der Waals surface area contributed by atoms with Gasteiger partial charge in [-0.25, -0.2) is 8.42 Å². The van der Waals surface area contributed by atoms with Crippen molar-refractivity contribution in [3.63, 3.8) is 0 Å². The van der Waals surface area contributed by atoms with E-state index in [0.717, 1.165) is 38.4 Å². The van der Waals surface area contributed by atoms with E-state index in [2.05, 4.69) is 35.6 Å². The third-order valence-electron chi connectivity index (χ3n) is 8.08. The number of nitrogens with one attached hydrogen (secondary N) is 2. The predicted molar refractivity (Wildman–Crippen MR) is 145 cm³/mol. The average Bonchev–Trinajstić information content (AvgIpc) is 3.45. The zero-order chi connectivity index (χ0) is 27.0. The third kappa shape index (κ3) is 4.43. The number of fused-ring (bicyclic) bond motifs is 4. The number of sulfonamides is 1. The zero-order valence-electron chi connectivity index (χ0n) is 21.9. The van der Waals surface area contributed by atoms with Gasteiger partial charge < -0.3 is 15.3 Å². The van der Waals surface area contributed by atoms with Gasteiger partial charge in [0.1, 0.15) is 16.9 Å². The molecule has 0 radical (unpaired) electrons. The van der Waals surface area contributed by atoms with E-state index in [1.807, 2.05) is 4.90 Å². The topological polar surface area (TPSA) is 141 Å². The summed E-state index contributed by atoms with van der Waals surface area (Å²) in [6.45, 7) is 6.92. The molecule has 4 N–H and O–H groups in total. The van der Waals surface area contributed by atoms with Crippen molar-refractivity contribution < 1.29 is 27.7 Å². The van der Waals surface area contributed by atoms with E-state index in [9.17, 15) is 23.2 Å². The van der Waals surface area contributed by atoms with E-state index in [0.29, 0.717) is 18.2 Å². The lowest BCUT2D eigenvalue weighted by molar-refractivity contribution is -0.131. The lowest BCUT2D eigenvalue weighted by Gasteiger charge is -2.43. The van der Waals surface area contributed by atoms with Crippen LogP contribution < -0.4 is 15.3 Å². The minimum Gasteiger partial charge on any atom is -0.509 e. The van der Waals surface area contributed by atoms with Crippen molar-refractivity contribution >= 4 is 46.3 Å². The van der Waals surface area contributed by atoms with Crippen LogP contribution in [0.25, 0.3) is 0 Å². The number of aliphatic hydroxyl groups excluding tert-OH is 1. The molecule has 2 fully saturated rings. The quantitative estimate of drug-likeness (QED) is 0.396. The molecule has 2 bridgehead atoms. The number of amidine groups is 1. The van der Waals surface area contributed by atoms with Crippen LogP contribution in [0.3, 0.4) is 0 Å². The summed E-state index contributed by atoms with van der Waals surface area (Å²) in [6.07, 6.45) is 5.63. The van der Waals surface area contributed by atoms with Gasteiger partial charge >= 0.3 is 7.87 Å². The van der Waals surface area contributed by atoms with Gasteiger partial charge in [0.05, 0.1) is 24.7 Å². The van der Waals surface area contributed by atoms with Gasteiger partial charge in [0.25, 0.3) is 5.91 Å². The number of carbonyl (C=O) groups excluding carboxylic acids is 1. The van der Waals surface area contributed by atoms with Gasteiger partial charge in [0.15, 0.2) is 5.84 Å². The minimum atomic E-state index is -3.63. The molecule has 0 saturated heterocycles. The summed E-state index contributed by atoms with van der Waals surface area (Å²) < 4.78 is 35.7. The van der Waals surface area contributed by atoms with E-state index >= 15 is 0 Å². The largest absolute Gasteiger partial charge is 0.509 e. The molecule has 4 aliphatic rings. The highest BCUT2D eigenvalue weighted by atomic mass is 32.2. The van der Waals surface area contributed by atoms with E-state index < -0.39 is 23.4 Å². The lowest BCUT2D eigenvalue weighted by Crippen LogP contribution is -2.53. The van der Waals surface area contributed by atoms with Crippen LogP contribution in [0.2, 0.25) is 0 Å². The molecule has 10 nitrogen and oxygen atoms in total. The number of anilines is 2. The maximum atomic E-state index is 14.0. The maximum Gasteiger partial charge on any atom is 0.432 e. The van der Waals surface area contributed by atoms with E-state index in [4.69, 9.17) is 4.52 Å². The van der Waals surface area contributed by atoms with Crippen molar-refractivity contribution in [2.24, 2.45) is 22.0 Å². The normalized spacial score (nSPS) is 31.1. The molecule has 2 saturated carbocycles. The molecule has 202 valence electrons. The summed E-state index contributed by atoms with van der Waals surface area (Å²) in [5.41, 5.74) is 0.0467. The van der Waals surface area contributed by atoms with Gasteiger partial charge in [-0.1, -0.05) is 20.8 Å². The molecule has 1 aromatic carbocycles. The van der Waals surface area contributed by atoms with Crippen LogP contribution in [0, 0.1) is 17.3 Å². The van der Waals surface area contributed by atoms with Gasteiger partial charge in [-0.05, 0) is 66.3 Å². The van der Waals surface area contributed by atoms with Gasteiger partial charge in [-0.15, -0.1) is 0 Å². The number of hydrogen-bond donors (Lipinski definition) is 4. The second-order valence-electron chi connectivity index (χ2n) is 11.9. The van der Waals surface area contributed by atoms with Crippen molar-refractivity contribution in [3.05, 3.63) is 29.5 Å². The summed E-state index contributed by atoms with van der Waals surface area (Å²) in [4.78, 5) is 27.3. The Morgan fingerprint density at radius 3 is 2.62 bits per heavy atom. The molecule has 5 rings (SSSR count). The number of amides is 1. The average molecular weight is 552 g/mol. The Hall–Kier alpha value is -2.20. The van der Waals surface area contributed by atoms with Crippen LogP contribution >= 0.6 is 7.87 Å². The van der Waals surface area contributed by atoms with Crippen molar-refractivity contribution in [1.29, 1.82) is 0 Å². The molecule has 4 atom stereocenters. The van der Waals surface area contributed by atoms with Crippen molar-refractivity contribution in [2.75, 3.05) is 29.9 Å². The fourth-order valence-corrected chi connectivity index (χ4v) is 8.51. The highest BCUT2D eigenvalue weighted by Gasteiger charge is 2.64. The first kappa shape index (κ1) is 26.4. The Bertz CT molecular complexity index is 1320. The van der Waals surface area contributed by atoms with E-state index in [-0.39, 0.29) is 45.4 Å². The summed E-state index contributed by atoms with van der Waals surface area (Å²) in [6, 6.07) is 4.62. The van der Waals surface area contributed by atoms with E-state index in [1.54, 1.807) is 12.1 Å². The van der Waals surface area contributed by atoms with Crippen LogP contribution in [0.4, 0.5) is 11.4 Å². The summed E-state index contributed by atoms with van der Waals surface area (Å²) >= 11 is 0. The molecule has 0 aromatic heterocycles. The second-order valence-corrected chi connectivity index (χ2v) is 15.8. The SMILES string of the molecule is CO[P+]1(O)N=C(C2=C(O)C3(CC4CCC3C4)N(CCC(C)(C)C)C2=O)Nc2ccc(NS(C)(=O)=O)cc21. The Kier molecular flexibility index (Phi) is 6.18. The number of benzene rings is 1. The first-order valence-corrected chi connectivity index (χ1v) is 16.1. The van der Waals surface area contributed by atoms with Crippen LogP contribution in [-0.4, -0.2) is 60.5 Å². The number of carbonyl (C=O) groups is 1. The Morgan fingerprint density at radius 1 is 1.32 bits per heavy atom. The molecule has 1 aromatic rings. The molecule has 4 unspecified atom stereocenters. The molecule has 12 heteroatoms. The Morgan fingerprint density at radius 2 is 2.05 bits per heavy atom. The first-order chi connectivity index (χ1) is 17.2. The minimum absolute atomic E-state index is 0.0105. The van der Waals surface area contributed by atoms with E-state index in [1.165, 1.54) is 13.2 Å². The van der Waals surface area contributed by atoms with Crippen LogP contribution in [0.15, 0.2) is 34.3 Å². The summed E-state index contributed by atoms with van der Waals surface area (Å²) in [7, 11) is -5.85. The molecule has 1 amide bonds. The highest BCUT2D eigenvalue weighted by Crippen LogP contribution is 2.62. The van der Waals surface area contributed by atoms with Crippen molar-refractivity contribution in [1.82, 2.24) is 4.90 Å². The van der Waals surface area contributed by atoms with Gasteiger partial charge in [0.2, 0.25) is 15.3 Å². The third-order valence-corrected chi connectivity index (χ3v) is 10.7. The zero-order valence-corrected chi connectivity index (χ0v) is 23.6. The molecule has 2 aliphatic heterocycles. The number of hydrogen-bond acceptors (Lipinski definition) is 8. The molecule has 1 spiro atoms. The number of rotatable bonds is 6. The van der Waals surface area contributed by atoms with Crippen LogP contribution in [0.1, 0.15) is 52.9 Å².